The van der Waals surface area contributed by atoms with E-state index in [1.165, 1.54) is 18.2 Å². The molecule has 0 radical (unpaired) electrons. The Morgan fingerprint density at radius 3 is 2.48 bits per heavy atom. The molecule has 0 heterocycles. The van der Waals surface area contributed by atoms with Crippen LogP contribution in [0.2, 0.25) is 0 Å². The Labute approximate surface area is 123 Å². The van der Waals surface area contributed by atoms with Crippen molar-refractivity contribution in [2.75, 3.05) is 17.3 Å². The lowest BCUT2D eigenvalue weighted by Gasteiger charge is -2.18. The summed E-state index contributed by atoms with van der Waals surface area (Å²) in [5.41, 5.74) is 7.34. The van der Waals surface area contributed by atoms with Crippen LogP contribution in [0.3, 0.4) is 0 Å². The fourth-order valence-corrected chi connectivity index (χ4v) is 2.92. The molecule has 0 aromatic heterocycles. The van der Waals surface area contributed by atoms with Gasteiger partial charge in [0.2, 0.25) is 0 Å². The normalized spacial score (nSPS) is 12.9. The van der Waals surface area contributed by atoms with Gasteiger partial charge in [0.05, 0.1) is 16.3 Å². The number of hydrogen-bond donors (Lipinski definition) is 2. The van der Waals surface area contributed by atoms with Crippen molar-refractivity contribution in [2.45, 2.75) is 17.9 Å². The van der Waals surface area contributed by atoms with E-state index in [1.54, 1.807) is 24.3 Å². The lowest BCUT2D eigenvalue weighted by atomic mass is 10.1. The van der Waals surface area contributed by atoms with Crippen LogP contribution < -0.4 is 11.1 Å². The third-order valence-corrected chi connectivity index (χ3v) is 4.34. The first-order chi connectivity index (χ1) is 9.79. The SMILES string of the molecule is CC(Nc1cccc(S(C)(=O)=O)c1N)c1cccc(F)c1. The van der Waals surface area contributed by atoms with Crippen LogP contribution in [0.15, 0.2) is 47.4 Å². The highest BCUT2D eigenvalue weighted by Gasteiger charge is 2.15. The number of nitrogens with one attached hydrogen (secondary N) is 1. The molecule has 1 unspecified atom stereocenters. The van der Waals surface area contributed by atoms with Gasteiger partial charge in [0.15, 0.2) is 9.84 Å². The van der Waals surface area contributed by atoms with Crippen LogP contribution >= 0.6 is 0 Å². The standard InChI is InChI=1S/C15H17FN2O2S/c1-10(11-5-3-6-12(16)9-11)18-13-7-4-8-14(15(13)17)21(2,19)20/h3-10,18H,17H2,1-2H3. The van der Waals surface area contributed by atoms with Crippen molar-refractivity contribution in [3.63, 3.8) is 0 Å². The van der Waals surface area contributed by atoms with Gasteiger partial charge in [-0.05, 0) is 36.8 Å². The summed E-state index contributed by atoms with van der Waals surface area (Å²) in [5.74, 6) is -0.320. The molecule has 6 heteroatoms. The number of nitrogens with two attached hydrogens (primary N) is 1. The molecular formula is C15H17FN2O2S. The molecule has 0 aliphatic rings. The monoisotopic (exact) mass is 308 g/mol. The summed E-state index contributed by atoms with van der Waals surface area (Å²) in [5, 5.41) is 3.11. The molecule has 0 aliphatic heterocycles. The summed E-state index contributed by atoms with van der Waals surface area (Å²) in [6.45, 7) is 1.85. The van der Waals surface area contributed by atoms with Gasteiger partial charge in [-0.25, -0.2) is 12.8 Å². The third kappa shape index (κ3) is 3.52. The Kier molecular flexibility index (Phi) is 4.18. The maximum Gasteiger partial charge on any atom is 0.177 e. The molecular weight excluding hydrogens is 291 g/mol. The van der Waals surface area contributed by atoms with Crippen molar-refractivity contribution in [1.29, 1.82) is 0 Å². The average molecular weight is 308 g/mol. The number of nitrogen functional groups attached to an aromatic ring is 1. The zero-order valence-electron chi connectivity index (χ0n) is 11.8. The zero-order chi connectivity index (χ0) is 15.6. The fourth-order valence-electron chi connectivity index (χ4n) is 2.09. The summed E-state index contributed by atoms with van der Waals surface area (Å²) in [7, 11) is -3.39. The molecule has 2 rings (SSSR count). The molecule has 2 aromatic carbocycles. The summed E-state index contributed by atoms with van der Waals surface area (Å²) in [6.07, 6.45) is 1.11. The topological polar surface area (TPSA) is 72.2 Å². The number of anilines is 2. The lowest BCUT2D eigenvalue weighted by Crippen LogP contribution is -2.11. The van der Waals surface area contributed by atoms with E-state index in [9.17, 15) is 12.8 Å². The van der Waals surface area contributed by atoms with E-state index in [4.69, 9.17) is 5.73 Å². The number of halogens is 1. The first-order valence-electron chi connectivity index (χ1n) is 6.39. The van der Waals surface area contributed by atoms with Gasteiger partial charge in [-0.15, -0.1) is 0 Å². The van der Waals surface area contributed by atoms with Gasteiger partial charge in [0, 0.05) is 12.3 Å². The Morgan fingerprint density at radius 1 is 1.19 bits per heavy atom. The highest BCUT2D eigenvalue weighted by atomic mass is 32.2. The Balaban J connectivity index is 2.32. The van der Waals surface area contributed by atoms with Crippen LogP contribution in [0.5, 0.6) is 0 Å². The molecule has 1 atom stereocenters. The van der Waals surface area contributed by atoms with Gasteiger partial charge in [0.1, 0.15) is 5.82 Å². The van der Waals surface area contributed by atoms with Crippen molar-refractivity contribution in [3.05, 3.63) is 53.8 Å². The van der Waals surface area contributed by atoms with Crippen molar-refractivity contribution in [2.24, 2.45) is 0 Å². The molecule has 21 heavy (non-hydrogen) atoms. The minimum Gasteiger partial charge on any atom is -0.396 e. The van der Waals surface area contributed by atoms with Crippen LogP contribution in [0.25, 0.3) is 0 Å². The summed E-state index contributed by atoms with van der Waals surface area (Å²) in [4.78, 5) is 0.0824. The summed E-state index contributed by atoms with van der Waals surface area (Å²) >= 11 is 0. The van der Waals surface area contributed by atoms with Crippen LogP contribution in [-0.4, -0.2) is 14.7 Å². The van der Waals surface area contributed by atoms with Gasteiger partial charge < -0.3 is 11.1 Å². The smallest absolute Gasteiger partial charge is 0.177 e. The van der Waals surface area contributed by atoms with E-state index in [1.807, 2.05) is 6.92 Å². The molecule has 2 aromatic rings. The summed E-state index contributed by atoms with van der Waals surface area (Å²) in [6, 6.07) is 10.8. The van der Waals surface area contributed by atoms with Gasteiger partial charge >= 0.3 is 0 Å². The van der Waals surface area contributed by atoms with E-state index in [0.29, 0.717) is 5.69 Å². The number of hydrogen-bond acceptors (Lipinski definition) is 4. The first kappa shape index (κ1) is 15.3. The molecule has 0 bridgehead atoms. The molecule has 3 N–H and O–H groups in total. The molecule has 0 fully saturated rings. The number of benzene rings is 2. The van der Waals surface area contributed by atoms with Gasteiger partial charge in [0.25, 0.3) is 0 Å². The van der Waals surface area contributed by atoms with E-state index < -0.39 is 9.84 Å². The first-order valence-corrected chi connectivity index (χ1v) is 8.28. The minimum absolute atomic E-state index is 0.0824. The number of rotatable bonds is 4. The quantitative estimate of drug-likeness (QED) is 0.852. The Bertz CT molecular complexity index is 760. The van der Waals surface area contributed by atoms with Crippen LogP contribution in [0.1, 0.15) is 18.5 Å². The second kappa shape index (κ2) is 5.73. The number of sulfone groups is 1. The molecule has 0 saturated heterocycles. The largest absolute Gasteiger partial charge is 0.396 e. The fraction of sp³-hybridized carbons (Fsp3) is 0.200. The van der Waals surface area contributed by atoms with Crippen LogP contribution in [0, 0.1) is 5.82 Å². The Morgan fingerprint density at radius 2 is 1.86 bits per heavy atom. The predicted octanol–water partition coefficient (Wildman–Crippen LogP) is 2.98. The lowest BCUT2D eigenvalue weighted by molar-refractivity contribution is 0.602. The predicted molar refractivity (Wildman–Crippen MR) is 82.4 cm³/mol. The van der Waals surface area contributed by atoms with E-state index in [0.717, 1.165) is 11.8 Å². The van der Waals surface area contributed by atoms with Gasteiger partial charge in [-0.3, -0.25) is 0 Å². The van der Waals surface area contributed by atoms with E-state index >= 15 is 0 Å². The van der Waals surface area contributed by atoms with Gasteiger partial charge in [-0.1, -0.05) is 18.2 Å². The summed E-state index contributed by atoms with van der Waals surface area (Å²) < 4.78 is 36.5. The average Bonchev–Trinajstić information content (AvgIpc) is 2.39. The molecule has 0 aliphatic carbocycles. The highest BCUT2D eigenvalue weighted by molar-refractivity contribution is 7.90. The molecule has 0 saturated carbocycles. The van der Waals surface area contributed by atoms with Gasteiger partial charge in [-0.2, -0.15) is 0 Å². The van der Waals surface area contributed by atoms with Crippen molar-refractivity contribution in [3.8, 4) is 0 Å². The minimum atomic E-state index is -3.39. The van der Waals surface area contributed by atoms with Crippen LogP contribution in [-0.2, 0) is 9.84 Å². The van der Waals surface area contributed by atoms with Crippen molar-refractivity contribution < 1.29 is 12.8 Å². The highest BCUT2D eigenvalue weighted by Crippen LogP contribution is 2.29. The van der Waals surface area contributed by atoms with E-state index in [2.05, 4.69) is 5.32 Å². The van der Waals surface area contributed by atoms with Crippen molar-refractivity contribution in [1.82, 2.24) is 0 Å². The molecule has 0 spiro atoms. The molecule has 4 nitrogen and oxygen atoms in total. The molecule has 112 valence electrons. The maximum atomic E-state index is 13.2. The number of para-hydroxylation sites is 1. The third-order valence-electron chi connectivity index (χ3n) is 3.19. The van der Waals surface area contributed by atoms with Crippen molar-refractivity contribution >= 4 is 21.2 Å². The Hall–Kier alpha value is -2.08. The van der Waals surface area contributed by atoms with E-state index in [-0.39, 0.29) is 22.4 Å². The van der Waals surface area contributed by atoms with Crippen LogP contribution in [0.4, 0.5) is 15.8 Å². The molecule has 0 amide bonds. The second-order valence-electron chi connectivity index (χ2n) is 4.91. The zero-order valence-corrected chi connectivity index (χ0v) is 12.6. The second-order valence-corrected chi connectivity index (χ2v) is 6.89. The maximum absolute atomic E-state index is 13.2.